The molecular weight excluding hydrogens is 358 g/mol. The molecule has 0 radical (unpaired) electrons. The number of nitrogens with one attached hydrogen (secondary N) is 1. The summed E-state index contributed by atoms with van der Waals surface area (Å²) in [6, 6.07) is 10.4. The lowest BCUT2D eigenvalue weighted by Gasteiger charge is -2.09. The Morgan fingerprint density at radius 3 is 2.64 bits per heavy atom. The van der Waals surface area contributed by atoms with Gasteiger partial charge in [0.15, 0.2) is 0 Å². The van der Waals surface area contributed by atoms with Crippen LogP contribution in [0.3, 0.4) is 0 Å². The predicted octanol–water partition coefficient (Wildman–Crippen LogP) is 1.59. The van der Waals surface area contributed by atoms with Crippen molar-refractivity contribution in [2.45, 2.75) is 26.9 Å². The smallest absolute Gasteiger partial charge is 0.267 e. The maximum Gasteiger partial charge on any atom is 0.267 e. The number of carbonyl (C=O) groups is 1. The van der Waals surface area contributed by atoms with Crippen molar-refractivity contribution >= 4 is 5.91 Å². The third-order valence-electron chi connectivity index (χ3n) is 4.65. The Labute approximate surface area is 162 Å². The van der Waals surface area contributed by atoms with E-state index in [1.54, 1.807) is 17.9 Å². The molecular formula is C20H23N5O3. The maximum absolute atomic E-state index is 12.4. The molecule has 0 aliphatic heterocycles. The molecule has 3 aromatic rings. The van der Waals surface area contributed by atoms with E-state index < -0.39 is 0 Å². The molecule has 0 saturated heterocycles. The van der Waals surface area contributed by atoms with E-state index in [9.17, 15) is 9.59 Å². The molecule has 2 aromatic heterocycles. The lowest BCUT2D eigenvalue weighted by atomic mass is 10.1. The highest BCUT2D eigenvalue weighted by Gasteiger charge is 2.12. The van der Waals surface area contributed by atoms with Gasteiger partial charge in [-0.05, 0) is 32.0 Å². The average molecular weight is 381 g/mol. The van der Waals surface area contributed by atoms with E-state index in [4.69, 9.17) is 4.74 Å². The lowest BCUT2D eigenvalue weighted by Crippen LogP contribution is -2.33. The molecule has 0 atom stereocenters. The van der Waals surface area contributed by atoms with Crippen molar-refractivity contribution in [3.05, 3.63) is 63.7 Å². The zero-order valence-corrected chi connectivity index (χ0v) is 16.4. The number of amides is 1. The van der Waals surface area contributed by atoms with Gasteiger partial charge in [0.05, 0.1) is 18.5 Å². The first-order chi connectivity index (χ1) is 13.4. The van der Waals surface area contributed by atoms with Crippen LogP contribution in [0.5, 0.6) is 5.75 Å². The highest BCUT2D eigenvalue weighted by molar-refractivity contribution is 5.75. The quantitative estimate of drug-likeness (QED) is 0.700. The van der Waals surface area contributed by atoms with E-state index in [-0.39, 0.29) is 18.0 Å². The highest BCUT2D eigenvalue weighted by Crippen LogP contribution is 2.21. The van der Waals surface area contributed by atoms with Gasteiger partial charge < -0.3 is 10.1 Å². The minimum Gasteiger partial charge on any atom is -0.497 e. The molecule has 0 spiro atoms. The number of hydrogen-bond donors (Lipinski definition) is 1. The van der Waals surface area contributed by atoms with Gasteiger partial charge in [-0.2, -0.15) is 10.2 Å². The van der Waals surface area contributed by atoms with Crippen molar-refractivity contribution in [2.75, 3.05) is 7.11 Å². The predicted molar refractivity (Wildman–Crippen MR) is 105 cm³/mol. The Morgan fingerprint density at radius 2 is 1.96 bits per heavy atom. The molecule has 0 bridgehead atoms. The second kappa shape index (κ2) is 8.08. The fourth-order valence-corrected chi connectivity index (χ4v) is 2.95. The molecule has 1 amide bonds. The van der Waals surface area contributed by atoms with Crippen LogP contribution in [-0.2, 0) is 24.9 Å². The number of rotatable bonds is 6. The van der Waals surface area contributed by atoms with E-state index in [2.05, 4.69) is 15.5 Å². The van der Waals surface area contributed by atoms with Gasteiger partial charge in [-0.25, -0.2) is 4.68 Å². The maximum atomic E-state index is 12.4. The minimum absolute atomic E-state index is 0.158. The van der Waals surface area contributed by atoms with Crippen LogP contribution in [0.15, 0.2) is 41.2 Å². The topological polar surface area (TPSA) is 91.0 Å². The Morgan fingerprint density at radius 1 is 1.18 bits per heavy atom. The Bertz CT molecular complexity index is 1070. The van der Waals surface area contributed by atoms with Crippen LogP contribution in [-0.4, -0.2) is 32.6 Å². The zero-order chi connectivity index (χ0) is 20.3. The molecule has 2 heterocycles. The Kier molecular flexibility index (Phi) is 5.58. The number of benzene rings is 1. The Hall–Kier alpha value is -3.42. The standard InChI is InChI=1S/C20H23N5O3/c1-13-17(14(2)24(3)22-13)11-21-19(26)12-25-20(27)9-8-18(23-25)15-6-5-7-16(10-15)28-4/h5-10H,11-12H2,1-4H3,(H,21,26). The van der Waals surface area contributed by atoms with Gasteiger partial charge in [0.25, 0.3) is 5.56 Å². The van der Waals surface area contributed by atoms with Gasteiger partial charge in [0.1, 0.15) is 12.3 Å². The SMILES string of the molecule is COc1cccc(-c2ccc(=O)n(CC(=O)NCc3c(C)nn(C)c3C)n2)c1. The van der Waals surface area contributed by atoms with Crippen LogP contribution in [0, 0.1) is 13.8 Å². The van der Waals surface area contributed by atoms with Gasteiger partial charge in [-0.15, -0.1) is 0 Å². The number of aromatic nitrogens is 4. The number of nitrogens with zero attached hydrogens (tertiary/aromatic N) is 4. The summed E-state index contributed by atoms with van der Waals surface area (Å²) < 4.78 is 8.16. The van der Waals surface area contributed by atoms with Gasteiger partial charge in [-0.1, -0.05) is 12.1 Å². The molecule has 1 N–H and O–H groups in total. The first-order valence-corrected chi connectivity index (χ1v) is 8.87. The summed E-state index contributed by atoms with van der Waals surface area (Å²) >= 11 is 0. The van der Waals surface area contributed by atoms with Crippen LogP contribution >= 0.6 is 0 Å². The number of aryl methyl sites for hydroxylation is 2. The summed E-state index contributed by atoms with van der Waals surface area (Å²) in [4.78, 5) is 24.5. The molecule has 0 saturated carbocycles. The second-order valence-electron chi connectivity index (χ2n) is 6.50. The van der Waals surface area contributed by atoms with E-state index in [1.807, 2.05) is 45.2 Å². The normalized spacial score (nSPS) is 10.7. The Balaban J connectivity index is 1.74. The molecule has 1 aromatic carbocycles. The fraction of sp³-hybridized carbons (Fsp3) is 0.300. The summed E-state index contributed by atoms with van der Waals surface area (Å²) in [5.74, 6) is 0.400. The van der Waals surface area contributed by atoms with Crippen molar-refractivity contribution in [1.29, 1.82) is 0 Å². The van der Waals surface area contributed by atoms with Gasteiger partial charge in [0.2, 0.25) is 5.91 Å². The van der Waals surface area contributed by atoms with Crippen LogP contribution in [0.25, 0.3) is 11.3 Å². The molecule has 0 unspecified atom stereocenters. The summed E-state index contributed by atoms with van der Waals surface area (Å²) in [5.41, 5.74) is 3.89. The summed E-state index contributed by atoms with van der Waals surface area (Å²) in [7, 11) is 3.45. The first-order valence-electron chi connectivity index (χ1n) is 8.87. The highest BCUT2D eigenvalue weighted by atomic mass is 16.5. The molecule has 8 nitrogen and oxygen atoms in total. The number of methoxy groups -OCH3 is 1. The number of carbonyl (C=O) groups excluding carboxylic acids is 1. The largest absolute Gasteiger partial charge is 0.497 e. The van der Waals surface area contributed by atoms with Crippen LogP contribution in [0.2, 0.25) is 0 Å². The van der Waals surface area contributed by atoms with Gasteiger partial charge >= 0.3 is 0 Å². The molecule has 3 rings (SSSR count). The number of ether oxygens (including phenoxy) is 1. The zero-order valence-electron chi connectivity index (χ0n) is 16.4. The van der Waals surface area contributed by atoms with Crippen molar-refractivity contribution in [2.24, 2.45) is 7.05 Å². The monoisotopic (exact) mass is 381 g/mol. The third kappa shape index (κ3) is 4.11. The number of hydrogen-bond acceptors (Lipinski definition) is 5. The summed E-state index contributed by atoms with van der Waals surface area (Å²) in [6.07, 6.45) is 0. The fourth-order valence-electron chi connectivity index (χ4n) is 2.95. The molecule has 0 aliphatic carbocycles. The van der Waals surface area contributed by atoms with Crippen LogP contribution < -0.4 is 15.6 Å². The van der Waals surface area contributed by atoms with Crippen molar-refractivity contribution in [3.8, 4) is 17.0 Å². The first kappa shape index (κ1) is 19.3. The minimum atomic E-state index is -0.337. The summed E-state index contributed by atoms with van der Waals surface area (Å²) in [5, 5.41) is 11.5. The van der Waals surface area contributed by atoms with E-state index in [0.717, 1.165) is 27.2 Å². The average Bonchev–Trinajstić information content (AvgIpc) is 2.93. The summed E-state index contributed by atoms with van der Waals surface area (Å²) in [6.45, 7) is 4.05. The molecule has 8 heteroatoms. The van der Waals surface area contributed by atoms with Crippen molar-refractivity contribution in [3.63, 3.8) is 0 Å². The van der Waals surface area contributed by atoms with Crippen LogP contribution in [0.4, 0.5) is 0 Å². The van der Waals surface area contributed by atoms with Crippen molar-refractivity contribution in [1.82, 2.24) is 24.9 Å². The van der Waals surface area contributed by atoms with E-state index in [1.165, 1.54) is 6.07 Å². The molecule has 0 fully saturated rings. The molecule has 146 valence electrons. The molecule has 0 aliphatic rings. The van der Waals surface area contributed by atoms with Crippen LogP contribution in [0.1, 0.15) is 17.0 Å². The lowest BCUT2D eigenvalue weighted by molar-refractivity contribution is -0.122. The van der Waals surface area contributed by atoms with E-state index in [0.29, 0.717) is 18.0 Å². The van der Waals surface area contributed by atoms with Gasteiger partial charge in [0, 0.05) is 36.5 Å². The second-order valence-corrected chi connectivity index (χ2v) is 6.50. The van der Waals surface area contributed by atoms with Gasteiger partial charge in [-0.3, -0.25) is 14.3 Å². The third-order valence-corrected chi connectivity index (χ3v) is 4.65. The molecule has 28 heavy (non-hydrogen) atoms. The van der Waals surface area contributed by atoms with E-state index >= 15 is 0 Å². The van der Waals surface area contributed by atoms with Crippen molar-refractivity contribution < 1.29 is 9.53 Å².